The number of amides is 1. The minimum Gasteiger partial charge on any atom is -0.394 e. The third kappa shape index (κ3) is 2.29. The van der Waals surface area contributed by atoms with Crippen LogP contribution in [0.3, 0.4) is 0 Å². The van der Waals surface area contributed by atoms with E-state index in [0.717, 1.165) is 18.5 Å². The van der Waals surface area contributed by atoms with Crippen molar-refractivity contribution >= 4 is 21.8 Å². The fourth-order valence-electron chi connectivity index (χ4n) is 2.54. The molecule has 0 bridgehead atoms. The summed E-state index contributed by atoms with van der Waals surface area (Å²) in [5.41, 5.74) is 1.23. The molecule has 0 unspecified atom stereocenters. The summed E-state index contributed by atoms with van der Waals surface area (Å²) in [5.74, 6) is 0.124. The van der Waals surface area contributed by atoms with Crippen LogP contribution in [0.25, 0.3) is 0 Å². The smallest absolute Gasteiger partial charge is 0.275 e. The van der Waals surface area contributed by atoms with Crippen LogP contribution < -0.4 is 0 Å². The van der Waals surface area contributed by atoms with Gasteiger partial charge in [0.2, 0.25) is 0 Å². The molecule has 3 rings (SSSR count). The summed E-state index contributed by atoms with van der Waals surface area (Å²) in [6.07, 6.45) is 1.33. The van der Waals surface area contributed by atoms with E-state index in [2.05, 4.69) is 26.1 Å². The van der Waals surface area contributed by atoms with Crippen LogP contribution in [0.4, 0.5) is 4.39 Å². The first kappa shape index (κ1) is 13.1. The molecule has 2 N–H and O–H groups in total. The zero-order chi connectivity index (χ0) is 13.6. The highest BCUT2D eigenvalue weighted by molar-refractivity contribution is 9.10. The average molecular weight is 332 g/mol. The molecule has 1 amide bonds. The van der Waals surface area contributed by atoms with Crippen LogP contribution in [-0.4, -0.2) is 51.5 Å². The number of rotatable bonds is 3. The van der Waals surface area contributed by atoms with Crippen LogP contribution in [0.1, 0.15) is 41.4 Å². The lowest BCUT2D eigenvalue weighted by molar-refractivity contribution is 0.0666. The molecule has 1 aromatic rings. The van der Waals surface area contributed by atoms with Gasteiger partial charge in [-0.1, -0.05) is 0 Å². The zero-order valence-corrected chi connectivity index (χ0v) is 11.9. The Morgan fingerprint density at radius 2 is 2.32 bits per heavy atom. The molecule has 104 valence electrons. The lowest BCUT2D eigenvalue weighted by atomic mass is 10.2. The van der Waals surface area contributed by atoms with E-state index in [1.807, 2.05) is 0 Å². The summed E-state index contributed by atoms with van der Waals surface area (Å²) in [5, 5.41) is 16.2. The summed E-state index contributed by atoms with van der Waals surface area (Å²) < 4.78 is 14.1. The molecule has 0 aromatic carbocycles. The van der Waals surface area contributed by atoms with Gasteiger partial charge in [0, 0.05) is 12.3 Å². The molecule has 1 aliphatic heterocycles. The quantitative estimate of drug-likeness (QED) is 0.883. The number of hydrogen-bond donors (Lipinski definition) is 2. The van der Waals surface area contributed by atoms with Gasteiger partial charge in [0.05, 0.1) is 29.4 Å². The minimum absolute atomic E-state index is 0.0299. The van der Waals surface area contributed by atoms with Crippen LogP contribution >= 0.6 is 15.9 Å². The Kier molecular flexibility index (Phi) is 3.34. The van der Waals surface area contributed by atoms with E-state index in [4.69, 9.17) is 0 Å². The first-order valence-corrected chi connectivity index (χ1v) is 7.20. The van der Waals surface area contributed by atoms with Crippen molar-refractivity contribution in [3.63, 3.8) is 0 Å². The van der Waals surface area contributed by atoms with Crippen LogP contribution in [0, 0.1) is 0 Å². The van der Waals surface area contributed by atoms with E-state index in [1.165, 1.54) is 4.90 Å². The normalized spacial score (nSPS) is 27.0. The zero-order valence-electron chi connectivity index (χ0n) is 10.3. The summed E-state index contributed by atoms with van der Waals surface area (Å²) >= 11 is 3.40. The van der Waals surface area contributed by atoms with Crippen molar-refractivity contribution in [3.8, 4) is 0 Å². The van der Waals surface area contributed by atoms with Crippen molar-refractivity contribution in [1.29, 1.82) is 0 Å². The molecule has 2 heterocycles. The molecule has 0 radical (unpaired) electrons. The Labute approximate surface area is 118 Å². The van der Waals surface area contributed by atoms with Gasteiger partial charge in [-0.25, -0.2) is 4.39 Å². The average Bonchev–Trinajstić information content (AvgIpc) is 3.06. The van der Waals surface area contributed by atoms with Crippen LogP contribution in [0.5, 0.6) is 0 Å². The number of halogens is 2. The molecule has 2 aliphatic rings. The standard InChI is InChI=1S/C12H15BrFN3O2/c13-9-10(6-1-2-6)15-16-11(9)12(19)17-4-7(14)3-8(17)5-18/h6-8,18H,1-5H2,(H,15,16)/t7-,8-/m0/s1. The molecular formula is C12H15BrFN3O2. The van der Waals surface area contributed by atoms with Crippen molar-refractivity contribution in [2.24, 2.45) is 0 Å². The number of carbonyl (C=O) groups excluding carboxylic acids is 1. The molecule has 0 spiro atoms. The van der Waals surface area contributed by atoms with Crippen molar-refractivity contribution in [2.75, 3.05) is 13.2 Å². The second kappa shape index (κ2) is 4.86. The number of aliphatic hydroxyl groups excluding tert-OH is 1. The Morgan fingerprint density at radius 1 is 1.58 bits per heavy atom. The van der Waals surface area contributed by atoms with Crippen molar-refractivity contribution in [1.82, 2.24) is 15.1 Å². The first-order chi connectivity index (χ1) is 9.11. The number of likely N-dealkylation sites (tertiary alicyclic amines) is 1. The Bertz CT molecular complexity index is 503. The molecule has 7 heteroatoms. The largest absolute Gasteiger partial charge is 0.394 e. The highest BCUT2D eigenvalue weighted by atomic mass is 79.9. The molecule has 5 nitrogen and oxygen atoms in total. The Hall–Kier alpha value is -0.950. The molecular weight excluding hydrogens is 317 g/mol. The second-order valence-corrected chi connectivity index (χ2v) is 5.99. The number of aromatic amines is 1. The predicted molar refractivity (Wildman–Crippen MR) is 69.7 cm³/mol. The van der Waals surface area contributed by atoms with Gasteiger partial charge in [0.25, 0.3) is 5.91 Å². The SMILES string of the molecule is O=C(c1n[nH]c(C2CC2)c1Br)N1C[C@@H](F)C[C@H]1CO. The predicted octanol–water partition coefficient (Wildman–Crippen LogP) is 1.59. The van der Waals surface area contributed by atoms with E-state index in [1.54, 1.807) is 0 Å². The van der Waals surface area contributed by atoms with E-state index in [0.29, 0.717) is 10.4 Å². The molecule has 1 saturated carbocycles. The third-order valence-electron chi connectivity index (χ3n) is 3.76. The molecule has 19 heavy (non-hydrogen) atoms. The molecule has 1 aliphatic carbocycles. The summed E-state index contributed by atoms with van der Waals surface area (Å²) in [6, 6.07) is -0.449. The third-order valence-corrected chi connectivity index (χ3v) is 4.56. The second-order valence-electron chi connectivity index (χ2n) is 5.20. The molecule has 2 fully saturated rings. The lowest BCUT2D eigenvalue weighted by Gasteiger charge is -2.21. The Balaban J connectivity index is 1.83. The topological polar surface area (TPSA) is 69.2 Å². The van der Waals surface area contributed by atoms with Gasteiger partial charge in [-0.3, -0.25) is 9.89 Å². The highest BCUT2D eigenvalue weighted by Crippen LogP contribution is 2.43. The van der Waals surface area contributed by atoms with Crippen LogP contribution in [0.15, 0.2) is 4.47 Å². The van der Waals surface area contributed by atoms with E-state index < -0.39 is 12.2 Å². The van der Waals surface area contributed by atoms with Gasteiger partial charge in [-0.05, 0) is 28.8 Å². The number of alkyl halides is 1. The van der Waals surface area contributed by atoms with Gasteiger partial charge < -0.3 is 10.0 Å². The summed E-state index contributed by atoms with van der Waals surface area (Å²) in [7, 11) is 0. The number of aromatic nitrogens is 2. The van der Waals surface area contributed by atoms with Crippen molar-refractivity contribution < 1.29 is 14.3 Å². The van der Waals surface area contributed by atoms with E-state index >= 15 is 0 Å². The van der Waals surface area contributed by atoms with E-state index in [-0.39, 0.29) is 31.2 Å². The molecule has 1 saturated heterocycles. The van der Waals surface area contributed by atoms with Gasteiger partial charge in [0.15, 0.2) is 5.69 Å². The van der Waals surface area contributed by atoms with Gasteiger partial charge in [-0.15, -0.1) is 0 Å². The summed E-state index contributed by atoms with van der Waals surface area (Å²) in [6.45, 7) is -0.189. The minimum atomic E-state index is -1.07. The maximum Gasteiger partial charge on any atom is 0.275 e. The van der Waals surface area contributed by atoms with Crippen molar-refractivity contribution in [2.45, 2.75) is 37.4 Å². The first-order valence-electron chi connectivity index (χ1n) is 6.41. The van der Waals surface area contributed by atoms with Crippen LogP contribution in [-0.2, 0) is 0 Å². The fourth-order valence-corrected chi connectivity index (χ4v) is 3.21. The van der Waals surface area contributed by atoms with E-state index in [9.17, 15) is 14.3 Å². The fraction of sp³-hybridized carbons (Fsp3) is 0.667. The highest BCUT2D eigenvalue weighted by Gasteiger charge is 2.38. The van der Waals surface area contributed by atoms with Gasteiger partial charge in [-0.2, -0.15) is 5.10 Å². The number of nitrogens with one attached hydrogen (secondary N) is 1. The molecule has 1 aromatic heterocycles. The molecule has 2 atom stereocenters. The van der Waals surface area contributed by atoms with Crippen molar-refractivity contribution in [3.05, 3.63) is 15.9 Å². The lowest BCUT2D eigenvalue weighted by Crippen LogP contribution is -2.38. The van der Waals surface area contributed by atoms with Gasteiger partial charge >= 0.3 is 0 Å². The number of H-pyrrole nitrogens is 1. The summed E-state index contributed by atoms with van der Waals surface area (Å²) in [4.78, 5) is 13.8. The number of hydrogen-bond acceptors (Lipinski definition) is 3. The maximum atomic E-state index is 13.4. The number of carbonyl (C=O) groups is 1. The Morgan fingerprint density at radius 3 is 2.95 bits per heavy atom. The van der Waals surface area contributed by atoms with Gasteiger partial charge in [0.1, 0.15) is 6.17 Å². The maximum absolute atomic E-state index is 13.4. The monoisotopic (exact) mass is 331 g/mol. The number of nitrogens with zero attached hydrogens (tertiary/aromatic N) is 2. The number of aliphatic hydroxyl groups is 1. The van der Waals surface area contributed by atoms with Crippen LogP contribution in [0.2, 0.25) is 0 Å².